The maximum absolute atomic E-state index is 13.8. The van der Waals surface area contributed by atoms with E-state index < -0.39 is 33.8 Å². The largest absolute Gasteiger partial charge is 0.496 e. The van der Waals surface area contributed by atoms with Gasteiger partial charge in [0, 0.05) is 6.07 Å². The molecule has 2 aromatic carbocycles. The van der Waals surface area contributed by atoms with Gasteiger partial charge in [0.25, 0.3) is 0 Å². The lowest BCUT2D eigenvalue weighted by atomic mass is 10.0. The Labute approximate surface area is 131 Å². The summed E-state index contributed by atoms with van der Waals surface area (Å²) in [6.45, 7) is 0. The lowest BCUT2D eigenvalue weighted by Crippen LogP contribution is -2.08. The van der Waals surface area contributed by atoms with Crippen LogP contribution >= 0.6 is 27.5 Å². The first kappa shape index (κ1) is 15.9. The molecule has 0 aromatic heterocycles. The van der Waals surface area contributed by atoms with Crippen LogP contribution in [0.4, 0.5) is 13.2 Å². The van der Waals surface area contributed by atoms with E-state index in [1.807, 2.05) is 0 Å². The Balaban J connectivity index is 2.60. The number of ketones is 1. The monoisotopic (exact) mass is 378 g/mol. The molecule has 0 aliphatic carbocycles. The van der Waals surface area contributed by atoms with Gasteiger partial charge in [0.2, 0.25) is 0 Å². The van der Waals surface area contributed by atoms with Crippen LogP contribution in [0.25, 0.3) is 0 Å². The van der Waals surface area contributed by atoms with Gasteiger partial charge in [-0.1, -0.05) is 11.6 Å². The van der Waals surface area contributed by atoms with Crippen molar-refractivity contribution in [3.8, 4) is 5.75 Å². The zero-order chi connectivity index (χ0) is 15.7. The molecule has 2 nitrogen and oxygen atoms in total. The topological polar surface area (TPSA) is 26.3 Å². The van der Waals surface area contributed by atoms with Crippen molar-refractivity contribution in [2.75, 3.05) is 7.11 Å². The molecule has 0 heterocycles. The molecule has 7 heteroatoms. The number of ether oxygens (including phenoxy) is 1. The highest BCUT2D eigenvalue weighted by Crippen LogP contribution is 2.30. The predicted octanol–water partition coefficient (Wildman–Crippen LogP) is 4.76. The van der Waals surface area contributed by atoms with Crippen molar-refractivity contribution in [1.29, 1.82) is 0 Å². The van der Waals surface area contributed by atoms with Gasteiger partial charge in [0.05, 0.1) is 27.7 Å². The van der Waals surface area contributed by atoms with E-state index in [9.17, 15) is 18.0 Å². The highest BCUT2D eigenvalue weighted by atomic mass is 79.9. The fraction of sp³-hybridized carbons (Fsp3) is 0.0714. The van der Waals surface area contributed by atoms with E-state index >= 15 is 0 Å². The Morgan fingerprint density at radius 3 is 2.33 bits per heavy atom. The second-order valence-electron chi connectivity index (χ2n) is 4.04. The van der Waals surface area contributed by atoms with Crippen LogP contribution in [0, 0.1) is 17.5 Å². The molecule has 2 aromatic rings. The van der Waals surface area contributed by atoms with Crippen molar-refractivity contribution < 1.29 is 22.7 Å². The Bertz CT molecular complexity index is 735. The summed E-state index contributed by atoms with van der Waals surface area (Å²) in [5.74, 6) is -3.49. The number of methoxy groups -OCH3 is 1. The van der Waals surface area contributed by atoms with E-state index in [1.165, 1.54) is 7.11 Å². The zero-order valence-corrected chi connectivity index (χ0v) is 12.9. The number of benzene rings is 2. The fourth-order valence-electron chi connectivity index (χ4n) is 1.72. The minimum absolute atomic E-state index is 0.00138. The van der Waals surface area contributed by atoms with Gasteiger partial charge < -0.3 is 4.74 Å². The molecule has 0 saturated carbocycles. The molecular formula is C14H7BrClF3O2. The van der Waals surface area contributed by atoms with Gasteiger partial charge in [-0.25, -0.2) is 13.2 Å². The average Bonchev–Trinajstić information content (AvgIpc) is 2.44. The predicted molar refractivity (Wildman–Crippen MR) is 75.5 cm³/mol. The van der Waals surface area contributed by atoms with Crippen LogP contribution in [0.3, 0.4) is 0 Å². The third-order valence-corrected chi connectivity index (χ3v) is 3.64. The first-order chi connectivity index (χ1) is 9.85. The number of rotatable bonds is 3. The molecular weight excluding hydrogens is 373 g/mol. The van der Waals surface area contributed by atoms with E-state index in [0.29, 0.717) is 12.1 Å². The van der Waals surface area contributed by atoms with E-state index in [-0.39, 0.29) is 15.8 Å². The lowest BCUT2D eigenvalue weighted by Gasteiger charge is -2.10. The molecule has 0 bridgehead atoms. The van der Waals surface area contributed by atoms with Crippen LogP contribution < -0.4 is 4.74 Å². The fourth-order valence-corrected chi connectivity index (χ4v) is 2.21. The smallest absolute Gasteiger partial charge is 0.199 e. The maximum atomic E-state index is 13.8. The van der Waals surface area contributed by atoms with Crippen molar-refractivity contribution in [2.24, 2.45) is 0 Å². The van der Waals surface area contributed by atoms with Crippen molar-refractivity contribution in [1.82, 2.24) is 0 Å². The average molecular weight is 380 g/mol. The van der Waals surface area contributed by atoms with E-state index in [4.69, 9.17) is 16.3 Å². The van der Waals surface area contributed by atoms with Crippen molar-refractivity contribution in [3.63, 3.8) is 0 Å². The molecule has 0 unspecified atom stereocenters. The number of hydrogen-bond donors (Lipinski definition) is 0. The normalized spacial score (nSPS) is 10.6. The quantitative estimate of drug-likeness (QED) is 0.568. The Hall–Kier alpha value is -1.53. The van der Waals surface area contributed by atoms with Gasteiger partial charge >= 0.3 is 0 Å². The molecule has 21 heavy (non-hydrogen) atoms. The van der Waals surface area contributed by atoms with E-state index in [2.05, 4.69) is 15.9 Å². The van der Waals surface area contributed by atoms with Crippen molar-refractivity contribution in [3.05, 3.63) is 62.3 Å². The number of halogens is 5. The van der Waals surface area contributed by atoms with Gasteiger partial charge in [-0.15, -0.1) is 0 Å². The molecule has 0 atom stereocenters. The highest BCUT2D eigenvalue weighted by molar-refractivity contribution is 9.10. The molecule has 0 amide bonds. The van der Waals surface area contributed by atoms with Crippen LogP contribution in [0.5, 0.6) is 5.75 Å². The first-order valence-corrected chi connectivity index (χ1v) is 6.74. The summed E-state index contributed by atoms with van der Waals surface area (Å²) in [4.78, 5) is 12.3. The molecule has 0 fully saturated rings. The molecule has 110 valence electrons. The van der Waals surface area contributed by atoms with Gasteiger partial charge in [-0.2, -0.15) is 0 Å². The summed E-state index contributed by atoms with van der Waals surface area (Å²) >= 11 is 8.36. The molecule has 0 aliphatic rings. The molecule has 0 N–H and O–H groups in total. The third-order valence-electron chi connectivity index (χ3n) is 2.74. The molecule has 0 spiro atoms. The van der Waals surface area contributed by atoms with Crippen LogP contribution in [-0.4, -0.2) is 12.9 Å². The second-order valence-corrected chi connectivity index (χ2v) is 5.30. The number of hydrogen-bond acceptors (Lipinski definition) is 2. The summed E-state index contributed by atoms with van der Waals surface area (Å²) in [6.07, 6.45) is 0. The molecule has 2 rings (SSSR count). The minimum atomic E-state index is -0.978. The zero-order valence-electron chi connectivity index (χ0n) is 10.5. The van der Waals surface area contributed by atoms with Crippen LogP contribution in [0.1, 0.15) is 15.9 Å². The lowest BCUT2D eigenvalue weighted by molar-refractivity contribution is 0.103. The number of carbonyl (C=O) groups excluding carboxylic acids is 1. The standard InChI is InChI=1S/C14H7BrClF3O2/c1-21-13-5-11(18)8(15)2-7(13)14(20)6-3-12(19)9(16)4-10(6)17/h2-5H,1H3. The van der Waals surface area contributed by atoms with Crippen LogP contribution in [0.2, 0.25) is 5.02 Å². The van der Waals surface area contributed by atoms with Crippen LogP contribution in [-0.2, 0) is 0 Å². The summed E-state index contributed by atoms with van der Waals surface area (Å²) in [5.41, 5.74) is -0.625. The summed E-state index contributed by atoms with van der Waals surface area (Å²) in [7, 11) is 1.23. The van der Waals surface area contributed by atoms with Crippen LogP contribution in [0.15, 0.2) is 28.7 Å². The van der Waals surface area contributed by atoms with E-state index in [1.54, 1.807) is 0 Å². The summed E-state index contributed by atoms with van der Waals surface area (Å²) < 4.78 is 45.5. The molecule has 0 radical (unpaired) electrons. The highest BCUT2D eigenvalue weighted by Gasteiger charge is 2.22. The Morgan fingerprint density at radius 1 is 1.05 bits per heavy atom. The van der Waals surface area contributed by atoms with Gasteiger partial charge in [-0.3, -0.25) is 4.79 Å². The first-order valence-electron chi connectivity index (χ1n) is 5.57. The number of carbonyl (C=O) groups is 1. The summed E-state index contributed by atoms with van der Waals surface area (Å²) in [5, 5.41) is -0.434. The molecule has 0 saturated heterocycles. The minimum Gasteiger partial charge on any atom is -0.496 e. The van der Waals surface area contributed by atoms with Gasteiger partial charge in [-0.05, 0) is 34.1 Å². The van der Waals surface area contributed by atoms with Gasteiger partial charge in [0.15, 0.2) is 5.78 Å². The second kappa shape index (κ2) is 6.07. The third kappa shape index (κ3) is 3.06. The Morgan fingerprint density at radius 2 is 1.71 bits per heavy atom. The molecule has 0 aliphatic heterocycles. The summed E-state index contributed by atoms with van der Waals surface area (Å²) in [6, 6.07) is 3.51. The maximum Gasteiger partial charge on any atom is 0.199 e. The van der Waals surface area contributed by atoms with Crippen molar-refractivity contribution in [2.45, 2.75) is 0 Å². The van der Waals surface area contributed by atoms with Crippen molar-refractivity contribution >= 4 is 33.3 Å². The SMILES string of the molecule is COc1cc(F)c(Br)cc1C(=O)c1cc(F)c(Cl)cc1F. The van der Waals surface area contributed by atoms with E-state index in [0.717, 1.165) is 12.1 Å². The Kier molecular flexibility index (Phi) is 4.58. The van der Waals surface area contributed by atoms with Gasteiger partial charge in [0.1, 0.15) is 23.2 Å².